The van der Waals surface area contributed by atoms with Crippen molar-refractivity contribution in [2.75, 3.05) is 13.7 Å². The average Bonchev–Trinajstić information content (AvgIpc) is 2.73. The third-order valence-corrected chi connectivity index (χ3v) is 6.04. The zero-order chi connectivity index (χ0) is 22.2. The minimum absolute atomic E-state index is 0.0390. The van der Waals surface area contributed by atoms with Crippen LogP contribution in [0.3, 0.4) is 0 Å². The highest BCUT2D eigenvalue weighted by atomic mass is 16.5. The van der Waals surface area contributed by atoms with Crippen LogP contribution in [0.15, 0.2) is 42.0 Å². The predicted molar refractivity (Wildman–Crippen MR) is 121 cm³/mol. The van der Waals surface area contributed by atoms with E-state index >= 15 is 0 Å². The number of hydrogen-bond acceptors (Lipinski definition) is 5. The first-order valence-corrected chi connectivity index (χ1v) is 10.7. The van der Waals surface area contributed by atoms with Gasteiger partial charge in [-0.1, -0.05) is 17.7 Å². The summed E-state index contributed by atoms with van der Waals surface area (Å²) in [6, 6.07) is 7.07. The van der Waals surface area contributed by atoms with Gasteiger partial charge in [-0.3, -0.25) is 0 Å². The number of methoxy groups -OCH3 is 1. The molecule has 2 aromatic carbocycles. The van der Waals surface area contributed by atoms with Crippen molar-refractivity contribution in [1.82, 2.24) is 0 Å². The van der Waals surface area contributed by atoms with E-state index in [0.717, 1.165) is 41.9 Å². The van der Waals surface area contributed by atoms with E-state index in [9.17, 15) is 10.2 Å². The fourth-order valence-electron chi connectivity index (χ4n) is 4.30. The van der Waals surface area contributed by atoms with Gasteiger partial charge in [0.05, 0.1) is 19.3 Å². The third kappa shape index (κ3) is 4.22. The van der Waals surface area contributed by atoms with E-state index in [1.165, 1.54) is 18.7 Å². The standard InChI is InChI=1S/C26H30O5/c1-16(2)6-5-10-26(3)11-9-19-23(31-26)8-7-17-12-18(15-30-25(17)19)20-13-24(29-4)22(28)14-21(20)27/h6-9,11,13-14,18,27-28H,5,10,12,15H2,1-4H3/t18-,26?/m0/s1. The second-order valence-corrected chi connectivity index (χ2v) is 8.83. The molecule has 5 nitrogen and oxygen atoms in total. The Labute approximate surface area is 183 Å². The number of allylic oxidation sites excluding steroid dienone is 2. The van der Waals surface area contributed by atoms with Crippen LogP contribution in [0.25, 0.3) is 6.08 Å². The Kier molecular flexibility index (Phi) is 5.61. The molecule has 2 N–H and O–H groups in total. The molecule has 0 radical (unpaired) electrons. The number of phenols is 2. The molecule has 0 saturated heterocycles. The molecule has 2 aliphatic rings. The van der Waals surface area contributed by atoms with E-state index in [1.54, 1.807) is 6.07 Å². The molecule has 0 fully saturated rings. The van der Waals surface area contributed by atoms with Crippen LogP contribution >= 0.6 is 0 Å². The summed E-state index contributed by atoms with van der Waals surface area (Å²) in [6.45, 7) is 6.76. The Balaban J connectivity index is 1.57. The van der Waals surface area contributed by atoms with Gasteiger partial charge in [0, 0.05) is 17.5 Å². The quantitative estimate of drug-likeness (QED) is 0.602. The van der Waals surface area contributed by atoms with Gasteiger partial charge in [0.1, 0.15) is 22.8 Å². The highest BCUT2D eigenvalue weighted by Crippen LogP contribution is 2.46. The lowest BCUT2D eigenvalue weighted by Gasteiger charge is -2.34. The Morgan fingerprint density at radius 3 is 2.77 bits per heavy atom. The summed E-state index contributed by atoms with van der Waals surface area (Å²) in [5, 5.41) is 20.2. The minimum atomic E-state index is -0.335. The molecule has 1 unspecified atom stereocenters. The van der Waals surface area contributed by atoms with E-state index in [1.807, 2.05) is 12.1 Å². The van der Waals surface area contributed by atoms with Gasteiger partial charge < -0.3 is 24.4 Å². The highest BCUT2D eigenvalue weighted by molar-refractivity contribution is 5.70. The molecular formula is C26H30O5. The molecule has 0 aromatic heterocycles. The second-order valence-electron chi connectivity index (χ2n) is 8.83. The maximum absolute atomic E-state index is 10.4. The SMILES string of the molecule is COc1cc([C@@H]2COc3c(ccc4c3C=CC(C)(CCC=C(C)C)O4)C2)c(O)cc1O. The van der Waals surface area contributed by atoms with Gasteiger partial charge in [-0.25, -0.2) is 0 Å². The van der Waals surface area contributed by atoms with Gasteiger partial charge in [0.25, 0.3) is 0 Å². The Morgan fingerprint density at radius 1 is 1.23 bits per heavy atom. The van der Waals surface area contributed by atoms with Crippen molar-refractivity contribution >= 4 is 6.08 Å². The van der Waals surface area contributed by atoms with Crippen LogP contribution in [0, 0.1) is 0 Å². The maximum atomic E-state index is 10.4. The van der Waals surface area contributed by atoms with Gasteiger partial charge >= 0.3 is 0 Å². The molecule has 0 saturated carbocycles. The van der Waals surface area contributed by atoms with E-state index in [2.05, 4.69) is 39.0 Å². The van der Waals surface area contributed by atoms with Crippen molar-refractivity contribution in [3.63, 3.8) is 0 Å². The summed E-state index contributed by atoms with van der Waals surface area (Å²) in [4.78, 5) is 0. The normalized spacial score (nSPS) is 21.4. The third-order valence-electron chi connectivity index (χ3n) is 6.04. The zero-order valence-corrected chi connectivity index (χ0v) is 18.6. The molecule has 31 heavy (non-hydrogen) atoms. The fourth-order valence-corrected chi connectivity index (χ4v) is 4.30. The van der Waals surface area contributed by atoms with Gasteiger partial charge in [0.2, 0.25) is 0 Å². The Bertz CT molecular complexity index is 1050. The van der Waals surface area contributed by atoms with Crippen molar-refractivity contribution in [2.24, 2.45) is 0 Å². The van der Waals surface area contributed by atoms with Gasteiger partial charge in [-0.05, 0) is 69.9 Å². The maximum Gasteiger partial charge on any atom is 0.161 e. The van der Waals surface area contributed by atoms with Crippen molar-refractivity contribution < 1.29 is 24.4 Å². The number of fused-ring (bicyclic) bond motifs is 3. The first kappa shape index (κ1) is 21.2. The molecule has 2 atom stereocenters. The number of aromatic hydroxyl groups is 2. The summed E-state index contributed by atoms with van der Waals surface area (Å²) in [7, 11) is 1.49. The van der Waals surface area contributed by atoms with Crippen molar-refractivity contribution in [3.05, 3.63) is 58.7 Å². The molecule has 0 amide bonds. The van der Waals surface area contributed by atoms with Crippen LogP contribution in [0.2, 0.25) is 0 Å². The van der Waals surface area contributed by atoms with Crippen LogP contribution in [0.4, 0.5) is 0 Å². The summed E-state index contributed by atoms with van der Waals surface area (Å²) in [6.07, 6.45) is 9.08. The first-order valence-electron chi connectivity index (χ1n) is 10.7. The monoisotopic (exact) mass is 422 g/mol. The Morgan fingerprint density at radius 2 is 2.03 bits per heavy atom. The van der Waals surface area contributed by atoms with E-state index in [-0.39, 0.29) is 23.0 Å². The molecule has 4 rings (SSSR count). The second kappa shape index (κ2) is 8.22. The van der Waals surface area contributed by atoms with E-state index in [4.69, 9.17) is 14.2 Å². The smallest absolute Gasteiger partial charge is 0.161 e. The van der Waals surface area contributed by atoms with Gasteiger partial charge in [0.15, 0.2) is 11.5 Å². The molecular weight excluding hydrogens is 392 g/mol. The van der Waals surface area contributed by atoms with Crippen molar-refractivity contribution in [2.45, 2.75) is 51.6 Å². The van der Waals surface area contributed by atoms with Crippen LogP contribution in [-0.4, -0.2) is 29.5 Å². The Hall–Kier alpha value is -3.08. The molecule has 0 bridgehead atoms. The molecule has 2 aliphatic heterocycles. The molecule has 164 valence electrons. The largest absolute Gasteiger partial charge is 0.508 e. The van der Waals surface area contributed by atoms with Crippen LogP contribution in [-0.2, 0) is 6.42 Å². The number of phenolic OH excluding ortho intramolecular Hbond substituents is 2. The lowest BCUT2D eigenvalue weighted by molar-refractivity contribution is 0.127. The summed E-state index contributed by atoms with van der Waals surface area (Å²) >= 11 is 0. The topological polar surface area (TPSA) is 68.2 Å². The van der Waals surface area contributed by atoms with Gasteiger partial charge in [-0.15, -0.1) is 0 Å². The van der Waals surface area contributed by atoms with Crippen molar-refractivity contribution in [1.29, 1.82) is 0 Å². The number of hydrogen-bond donors (Lipinski definition) is 2. The average molecular weight is 423 g/mol. The minimum Gasteiger partial charge on any atom is -0.508 e. The van der Waals surface area contributed by atoms with Crippen LogP contribution in [0.1, 0.15) is 56.2 Å². The van der Waals surface area contributed by atoms with Gasteiger partial charge in [-0.2, -0.15) is 0 Å². The highest BCUT2D eigenvalue weighted by Gasteiger charge is 2.32. The first-order chi connectivity index (χ1) is 14.8. The van der Waals surface area contributed by atoms with E-state index < -0.39 is 0 Å². The van der Waals surface area contributed by atoms with Crippen LogP contribution < -0.4 is 14.2 Å². The number of ether oxygens (including phenoxy) is 3. The predicted octanol–water partition coefficient (Wildman–Crippen LogP) is 5.74. The molecule has 2 aromatic rings. The number of benzene rings is 2. The molecule has 5 heteroatoms. The lowest BCUT2D eigenvalue weighted by Crippen LogP contribution is -2.32. The van der Waals surface area contributed by atoms with E-state index in [0.29, 0.717) is 17.9 Å². The van der Waals surface area contributed by atoms with Crippen LogP contribution in [0.5, 0.6) is 28.7 Å². The molecule has 2 heterocycles. The fraction of sp³-hybridized carbons (Fsp3) is 0.385. The lowest BCUT2D eigenvalue weighted by atomic mass is 9.87. The summed E-state index contributed by atoms with van der Waals surface area (Å²) in [5.41, 5.74) is 3.74. The zero-order valence-electron chi connectivity index (χ0n) is 18.6. The van der Waals surface area contributed by atoms with Crippen molar-refractivity contribution in [3.8, 4) is 28.7 Å². The number of rotatable bonds is 5. The summed E-state index contributed by atoms with van der Waals surface area (Å²) in [5.74, 6) is 1.96. The summed E-state index contributed by atoms with van der Waals surface area (Å²) < 4.78 is 17.7. The molecule has 0 spiro atoms. The molecule has 0 aliphatic carbocycles.